The summed E-state index contributed by atoms with van der Waals surface area (Å²) in [6.45, 7) is 6.57. The van der Waals surface area contributed by atoms with Gasteiger partial charge in [-0.3, -0.25) is 0 Å². The number of alkyl halides is 3. The quantitative estimate of drug-likeness (QED) is 0.0322. The molecule has 0 aliphatic carbocycles. The fourth-order valence-electron chi connectivity index (χ4n) is 4.56. The summed E-state index contributed by atoms with van der Waals surface area (Å²) in [5, 5.41) is 0. The number of esters is 4. The third kappa shape index (κ3) is 15.1. The van der Waals surface area contributed by atoms with E-state index in [9.17, 15) is 41.1 Å². The van der Waals surface area contributed by atoms with Crippen LogP contribution in [0.15, 0.2) is 91.5 Å². The van der Waals surface area contributed by atoms with Crippen molar-refractivity contribution in [3.8, 4) is 23.0 Å². The molecular weight excluding hydrogens is 723 g/mol. The lowest BCUT2D eigenvalue weighted by Gasteiger charge is -2.15. The number of carbonyl (C=O) groups excluding carboxylic acids is 4. The molecule has 0 spiro atoms. The van der Waals surface area contributed by atoms with E-state index in [0.29, 0.717) is 62.9 Å². The average molecular weight is 763 g/mol. The molecule has 0 heterocycles. The molecule has 0 bridgehead atoms. The molecule has 0 radical (unpaired) electrons. The first-order valence-electron chi connectivity index (χ1n) is 16.9. The third-order valence-corrected chi connectivity index (χ3v) is 7.37. The normalized spacial score (nSPS) is 10.9. The number of benzene rings is 3. The Labute approximate surface area is 308 Å². The predicted octanol–water partition coefficient (Wildman–Crippen LogP) is 9.08. The van der Waals surface area contributed by atoms with Gasteiger partial charge in [-0.25, -0.2) is 19.2 Å². The Kier molecular flexibility index (Phi) is 17.2. The minimum atomic E-state index is -4.96. The van der Waals surface area contributed by atoms with Gasteiger partial charge in [-0.05, 0) is 118 Å². The molecule has 0 aromatic heterocycles. The SMILES string of the molecule is C=C(F)C(=O)OCCCCCCOc1ccc(C(=O)Oc2ccc(OC(=O)c3ccc(OCCCCCCOC(=O)C(=C)F)cc3)c(C(F)(F)F)c2)cc1. The second kappa shape index (κ2) is 21.7. The predicted molar refractivity (Wildman–Crippen MR) is 185 cm³/mol. The van der Waals surface area contributed by atoms with E-state index in [-0.39, 0.29) is 24.3 Å². The maximum atomic E-state index is 14.0. The van der Waals surface area contributed by atoms with Crippen molar-refractivity contribution in [2.24, 2.45) is 0 Å². The Hall–Kier alpha value is -5.73. The van der Waals surface area contributed by atoms with Gasteiger partial charge in [0.1, 0.15) is 28.6 Å². The summed E-state index contributed by atoms with van der Waals surface area (Å²) in [6, 6.07) is 13.9. The summed E-state index contributed by atoms with van der Waals surface area (Å²) in [4.78, 5) is 47.3. The van der Waals surface area contributed by atoms with E-state index in [4.69, 9.17) is 18.9 Å². The lowest BCUT2D eigenvalue weighted by Crippen LogP contribution is -2.15. The molecule has 3 aromatic carbocycles. The van der Waals surface area contributed by atoms with E-state index in [1.165, 1.54) is 48.5 Å². The summed E-state index contributed by atoms with van der Waals surface area (Å²) in [5.41, 5.74) is -1.32. The topological polar surface area (TPSA) is 124 Å². The van der Waals surface area contributed by atoms with Crippen LogP contribution in [-0.4, -0.2) is 50.3 Å². The maximum absolute atomic E-state index is 14.0. The zero-order valence-electron chi connectivity index (χ0n) is 29.2. The highest BCUT2D eigenvalue weighted by Crippen LogP contribution is 2.39. The molecule has 0 atom stereocenters. The fourth-order valence-corrected chi connectivity index (χ4v) is 4.56. The molecule has 3 aromatic rings. The molecule has 3 rings (SSSR count). The van der Waals surface area contributed by atoms with Gasteiger partial charge in [0.15, 0.2) is 0 Å². The Morgan fingerprint density at radius 1 is 0.519 bits per heavy atom. The number of halogens is 5. The molecule has 15 heteroatoms. The number of unbranched alkanes of at least 4 members (excludes halogenated alkanes) is 6. The standard InChI is InChI=1S/C39H39F5O10/c1-26(40)35(45)51-23-9-5-3-7-21-49-30-15-11-28(12-16-30)37(47)53-32-19-20-34(33(25-32)39(42,43)44)54-38(48)29-13-17-31(18-14-29)50-22-8-4-6-10-24-52-36(46)27(2)41/h11-20,25H,1-10,21-24H2. The molecule has 0 saturated carbocycles. The molecule has 0 aliphatic heterocycles. The van der Waals surface area contributed by atoms with Crippen LogP contribution in [0, 0.1) is 0 Å². The Morgan fingerprint density at radius 2 is 0.907 bits per heavy atom. The highest BCUT2D eigenvalue weighted by atomic mass is 19.4. The molecule has 0 fully saturated rings. The van der Waals surface area contributed by atoms with Crippen molar-refractivity contribution in [1.29, 1.82) is 0 Å². The van der Waals surface area contributed by atoms with Gasteiger partial charge < -0.3 is 28.4 Å². The summed E-state index contributed by atoms with van der Waals surface area (Å²) >= 11 is 0. The van der Waals surface area contributed by atoms with Gasteiger partial charge in [0.05, 0.1) is 37.6 Å². The average Bonchev–Trinajstić information content (AvgIpc) is 3.14. The highest BCUT2D eigenvalue weighted by molar-refractivity contribution is 5.92. The van der Waals surface area contributed by atoms with E-state index in [1.54, 1.807) is 0 Å². The molecule has 0 N–H and O–H groups in total. The molecule has 0 saturated heterocycles. The maximum Gasteiger partial charge on any atom is 0.420 e. The minimum absolute atomic E-state index is 0.0357. The number of ether oxygens (including phenoxy) is 6. The monoisotopic (exact) mass is 762 g/mol. The molecule has 54 heavy (non-hydrogen) atoms. The number of hydrogen-bond acceptors (Lipinski definition) is 10. The fraction of sp³-hybridized carbons (Fsp3) is 0.333. The van der Waals surface area contributed by atoms with Crippen LogP contribution in [0.3, 0.4) is 0 Å². The van der Waals surface area contributed by atoms with Crippen LogP contribution < -0.4 is 18.9 Å². The first-order valence-corrected chi connectivity index (χ1v) is 16.9. The minimum Gasteiger partial charge on any atom is -0.494 e. The first kappa shape index (κ1) is 42.7. The van der Waals surface area contributed by atoms with Crippen molar-refractivity contribution in [3.05, 3.63) is 108 Å². The molecule has 10 nitrogen and oxygen atoms in total. The molecule has 0 aliphatic rings. The van der Waals surface area contributed by atoms with Gasteiger partial charge in [0.25, 0.3) is 0 Å². The molecule has 0 unspecified atom stereocenters. The molecule has 0 amide bonds. The summed E-state index contributed by atoms with van der Waals surface area (Å²) in [7, 11) is 0. The van der Waals surface area contributed by atoms with Crippen LogP contribution in [-0.2, 0) is 25.2 Å². The summed E-state index contributed by atoms with van der Waals surface area (Å²) in [5.74, 6) is -6.78. The van der Waals surface area contributed by atoms with Crippen LogP contribution in [0.4, 0.5) is 22.0 Å². The van der Waals surface area contributed by atoms with Gasteiger partial charge >= 0.3 is 30.1 Å². The zero-order valence-corrected chi connectivity index (χ0v) is 29.2. The smallest absolute Gasteiger partial charge is 0.420 e. The van der Waals surface area contributed by atoms with Gasteiger partial charge in [-0.15, -0.1) is 0 Å². The second-order valence-electron chi connectivity index (χ2n) is 11.6. The van der Waals surface area contributed by atoms with Gasteiger partial charge in [-0.1, -0.05) is 13.2 Å². The van der Waals surface area contributed by atoms with Crippen LogP contribution in [0.25, 0.3) is 0 Å². The number of carbonyl (C=O) groups is 4. The van der Waals surface area contributed by atoms with E-state index in [1.807, 2.05) is 0 Å². The van der Waals surface area contributed by atoms with Crippen molar-refractivity contribution in [2.75, 3.05) is 26.4 Å². The third-order valence-electron chi connectivity index (χ3n) is 7.37. The van der Waals surface area contributed by atoms with Crippen LogP contribution in [0.2, 0.25) is 0 Å². The van der Waals surface area contributed by atoms with E-state index in [2.05, 4.69) is 22.6 Å². The van der Waals surface area contributed by atoms with Crippen molar-refractivity contribution >= 4 is 23.9 Å². The van der Waals surface area contributed by atoms with Crippen LogP contribution in [0.5, 0.6) is 23.0 Å². The van der Waals surface area contributed by atoms with Crippen molar-refractivity contribution in [3.63, 3.8) is 0 Å². The van der Waals surface area contributed by atoms with Crippen LogP contribution >= 0.6 is 0 Å². The summed E-state index contributed by atoms with van der Waals surface area (Å²) < 4.78 is 97.8. The largest absolute Gasteiger partial charge is 0.494 e. The zero-order chi connectivity index (χ0) is 39.5. The van der Waals surface area contributed by atoms with Crippen LogP contribution in [0.1, 0.15) is 77.6 Å². The van der Waals surface area contributed by atoms with E-state index in [0.717, 1.165) is 31.4 Å². The Balaban J connectivity index is 1.44. The number of rotatable bonds is 22. The van der Waals surface area contributed by atoms with Gasteiger partial charge in [-0.2, -0.15) is 22.0 Å². The van der Waals surface area contributed by atoms with Crippen molar-refractivity contribution in [1.82, 2.24) is 0 Å². The van der Waals surface area contributed by atoms with Gasteiger partial charge in [0.2, 0.25) is 11.7 Å². The lowest BCUT2D eigenvalue weighted by molar-refractivity contribution is -0.141. The highest BCUT2D eigenvalue weighted by Gasteiger charge is 2.36. The van der Waals surface area contributed by atoms with Crippen molar-refractivity contribution in [2.45, 2.75) is 57.5 Å². The van der Waals surface area contributed by atoms with Gasteiger partial charge in [0, 0.05) is 0 Å². The lowest BCUT2D eigenvalue weighted by atomic mass is 10.1. The Bertz CT molecular complexity index is 1740. The Morgan fingerprint density at radius 3 is 1.31 bits per heavy atom. The van der Waals surface area contributed by atoms with Crippen molar-refractivity contribution < 1.29 is 69.6 Å². The number of hydrogen-bond donors (Lipinski definition) is 0. The van der Waals surface area contributed by atoms with E-state index >= 15 is 0 Å². The molecular formula is C39H39F5O10. The summed E-state index contributed by atoms with van der Waals surface area (Å²) in [6.07, 6.45) is 0.422. The van der Waals surface area contributed by atoms with E-state index < -0.39 is 58.8 Å². The second-order valence-corrected chi connectivity index (χ2v) is 11.6. The molecule has 290 valence electrons. The first-order chi connectivity index (χ1) is 25.7.